The highest BCUT2D eigenvalue weighted by Crippen LogP contribution is 2.42. The second kappa shape index (κ2) is 5.26. The lowest BCUT2D eigenvalue weighted by Gasteiger charge is -2.38. The molecule has 0 aliphatic heterocycles. The molecule has 0 amide bonds. The van der Waals surface area contributed by atoms with E-state index < -0.39 is 0 Å². The van der Waals surface area contributed by atoms with Gasteiger partial charge in [-0.1, -0.05) is 24.3 Å². The lowest BCUT2D eigenvalue weighted by Crippen LogP contribution is -2.47. The number of nitrogens with zero attached hydrogens (tertiary/aromatic N) is 1. The van der Waals surface area contributed by atoms with Crippen LogP contribution in [0.1, 0.15) is 55.1 Å². The predicted octanol–water partition coefficient (Wildman–Crippen LogP) is 3.09. The van der Waals surface area contributed by atoms with Crippen molar-refractivity contribution in [2.24, 2.45) is 5.73 Å². The van der Waals surface area contributed by atoms with Gasteiger partial charge in [0.15, 0.2) is 0 Å². The van der Waals surface area contributed by atoms with Crippen LogP contribution in [0.15, 0.2) is 24.3 Å². The summed E-state index contributed by atoms with van der Waals surface area (Å²) in [5.74, 6) is 1.56. The van der Waals surface area contributed by atoms with Crippen molar-refractivity contribution < 1.29 is 0 Å². The molecule has 2 fully saturated rings. The Bertz CT molecular complexity index is 437. The standard InChI is InChI=1S/C17H26N2/c1-19(2)17-11-15(8-9-16(17)18)14-5-3-4-13(10-14)12-6-7-12/h3-5,10,12,15-17H,6-9,11,18H2,1-2H3/t15-,16-,17-/m0/s1. The summed E-state index contributed by atoms with van der Waals surface area (Å²) in [5, 5.41) is 0. The minimum atomic E-state index is 0.345. The first kappa shape index (κ1) is 13.1. The van der Waals surface area contributed by atoms with Crippen molar-refractivity contribution in [3.8, 4) is 0 Å². The van der Waals surface area contributed by atoms with E-state index in [9.17, 15) is 0 Å². The number of rotatable bonds is 3. The minimum absolute atomic E-state index is 0.345. The molecule has 0 heterocycles. The van der Waals surface area contributed by atoms with Crippen LogP contribution in [0.2, 0.25) is 0 Å². The van der Waals surface area contributed by atoms with Crippen molar-refractivity contribution in [2.45, 2.75) is 56.0 Å². The van der Waals surface area contributed by atoms with Gasteiger partial charge in [-0.3, -0.25) is 0 Å². The van der Waals surface area contributed by atoms with E-state index in [0.29, 0.717) is 18.0 Å². The molecule has 3 atom stereocenters. The summed E-state index contributed by atoms with van der Waals surface area (Å²) >= 11 is 0. The largest absolute Gasteiger partial charge is 0.326 e. The van der Waals surface area contributed by atoms with Gasteiger partial charge < -0.3 is 10.6 Å². The monoisotopic (exact) mass is 258 g/mol. The molecule has 0 radical (unpaired) electrons. The molecule has 0 spiro atoms. The highest BCUT2D eigenvalue weighted by Gasteiger charge is 2.31. The van der Waals surface area contributed by atoms with Crippen LogP contribution in [0.25, 0.3) is 0 Å². The molecule has 19 heavy (non-hydrogen) atoms. The van der Waals surface area contributed by atoms with Crippen molar-refractivity contribution in [2.75, 3.05) is 14.1 Å². The van der Waals surface area contributed by atoms with Crippen LogP contribution in [0.5, 0.6) is 0 Å². The number of benzene rings is 1. The molecule has 0 aromatic heterocycles. The van der Waals surface area contributed by atoms with Crippen LogP contribution in [0, 0.1) is 0 Å². The fourth-order valence-electron chi connectivity index (χ4n) is 3.55. The quantitative estimate of drug-likeness (QED) is 0.902. The van der Waals surface area contributed by atoms with Crippen LogP contribution >= 0.6 is 0 Å². The lowest BCUT2D eigenvalue weighted by atomic mass is 9.78. The molecule has 3 rings (SSSR count). The summed E-state index contributed by atoms with van der Waals surface area (Å²) in [6, 6.07) is 10.2. The zero-order chi connectivity index (χ0) is 13.4. The van der Waals surface area contributed by atoms with E-state index in [4.69, 9.17) is 5.73 Å². The summed E-state index contributed by atoms with van der Waals surface area (Å²) in [5.41, 5.74) is 9.37. The third-order valence-corrected chi connectivity index (χ3v) is 4.96. The van der Waals surface area contributed by atoms with Crippen LogP contribution < -0.4 is 5.73 Å². The number of hydrogen-bond donors (Lipinski definition) is 1. The van der Waals surface area contributed by atoms with Crippen molar-refractivity contribution in [1.29, 1.82) is 0 Å². The second-order valence-corrected chi connectivity index (χ2v) is 6.65. The first-order valence-corrected chi connectivity index (χ1v) is 7.67. The fraction of sp³-hybridized carbons (Fsp3) is 0.647. The molecule has 2 nitrogen and oxygen atoms in total. The summed E-state index contributed by atoms with van der Waals surface area (Å²) in [7, 11) is 4.32. The first-order chi connectivity index (χ1) is 9.15. The molecule has 104 valence electrons. The van der Waals surface area contributed by atoms with Crippen LogP contribution in [-0.4, -0.2) is 31.1 Å². The van der Waals surface area contributed by atoms with Gasteiger partial charge in [0, 0.05) is 12.1 Å². The number of likely N-dealkylation sites (N-methyl/N-ethyl adjacent to an activating group) is 1. The summed E-state index contributed by atoms with van der Waals surface area (Å²) < 4.78 is 0. The molecule has 0 bridgehead atoms. The molecule has 2 N–H and O–H groups in total. The van der Waals surface area contributed by atoms with Gasteiger partial charge in [0.2, 0.25) is 0 Å². The molecule has 2 saturated carbocycles. The Labute approximate surface area is 117 Å². The molecule has 1 aromatic rings. The SMILES string of the molecule is CN(C)[C@H]1C[C@@H](c2cccc(C3CC3)c2)CC[C@@H]1N. The van der Waals surface area contributed by atoms with Crippen molar-refractivity contribution in [3.05, 3.63) is 35.4 Å². The molecular weight excluding hydrogens is 232 g/mol. The van der Waals surface area contributed by atoms with Gasteiger partial charge in [-0.15, -0.1) is 0 Å². The lowest BCUT2D eigenvalue weighted by molar-refractivity contribution is 0.186. The van der Waals surface area contributed by atoms with Crippen molar-refractivity contribution in [3.63, 3.8) is 0 Å². The average Bonchev–Trinajstić information content (AvgIpc) is 3.23. The van der Waals surface area contributed by atoms with Crippen molar-refractivity contribution in [1.82, 2.24) is 4.90 Å². The molecule has 2 aliphatic carbocycles. The van der Waals surface area contributed by atoms with Crippen LogP contribution in [0.3, 0.4) is 0 Å². The van der Waals surface area contributed by atoms with Gasteiger partial charge in [0.1, 0.15) is 0 Å². The maximum atomic E-state index is 6.27. The van der Waals surface area contributed by atoms with Crippen LogP contribution in [-0.2, 0) is 0 Å². The minimum Gasteiger partial charge on any atom is -0.326 e. The Balaban J connectivity index is 1.76. The average molecular weight is 258 g/mol. The normalized spacial score (nSPS) is 31.7. The predicted molar refractivity (Wildman–Crippen MR) is 80.5 cm³/mol. The van der Waals surface area contributed by atoms with Gasteiger partial charge in [-0.25, -0.2) is 0 Å². The molecule has 2 heteroatoms. The summed E-state index contributed by atoms with van der Waals surface area (Å²) in [6.45, 7) is 0. The summed E-state index contributed by atoms with van der Waals surface area (Å²) in [6.07, 6.45) is 6.39. The Hall–Kier alpha value is -0.860. The Morgan fingerprint density at radius 2 is 1.63 bits per heavy atom. The number of hydrogen-bond acceptors (Lipinski definition) is 2. The van der Waals surface area contributed by atoms with Gasteiger partial charge in [-0.2, -0.15) is 0 Å². The molecule has 1 aromatic carbocycles. The van der Waals surface area contributed by atoms with E-state index in [2.05, 4.69) is 43.3 Å². The van der Waals surface area contributed by atoms with E-state index in [-0.39, 0.29) is 0 Å². The van der Waals surface area contributed by atoms with Crippen molar-refractivity contribution >= 4 is 0 Å². The third-order valence-electron chi connectivity index (χ3n) is 4.96. The molecule has 2 aliphatic rings. The molecule has 0 saturated heterocycles. The van der Waals surface area contributed by atoms with E-state index >= 15 is 0 Å². The Morgan fingerprint density at radius 1 is 1.00 bits per heavy atom. The maximum absolute atomic E-state index is 6.27. The van der Waals surface area contributed by atoms with Crippen LogP contribution in [0.4, 0.5) is 0 Å². The number of nitrogens with two attached hydrogens (primary N) is 1. The molecular formula is C17H26N2. The third kappa shape index (κ3) is 2.85. The molecule has 0 unspecified atom stereocenters. The zero-order valence-corrected chi connectivity index (χ0v) is 12.2. The zero-order valence-electron chi connectivity index (χ0n) is 12.2. The first-order valence-electron chi connectivity index (χ1n) is 7.67. The topological polar surface area (TPSA) is 29.3 Å². The van der Waals surface area contributed by atoms with Gasteiger partial charge >= 0.3 is 0 Å². The van der Waals surface area contributed by atoms with E-state index in [0.717, 1.165) is 12.3 Å². The van der Waals surface area contributed by atoms with Gasteiger partial charge in [-0.05, 0) is 69.2 Å². The Morgan fingerprint density at radius 3 is 2.26 bits per heavy atom. The Kier molecular flexibility index (Phi) is 3.64. The summed E-state index contributed by atoms with van der Waals surface area (Å²) in [4.78, 5) is 2.31. The fourth-order valence-corrected chi connectivity index (χ4v) is 3.55. The van der Waals surface area contributed by atoms with Gasteiger partial charge in [0.25, 0.3) is 0 Å². The van der Waals surface area contributed by atoms with Gasteiger partial charge in [0.05, 0.1) is 0 Å². The van der Waals surface area contributed by atoms with E-state index in [1.54, 1.807) is 11.1 Å². The highest BCUT2D eigenvalue weighted by atomic mass is 15.1. The second-order valence-electron chi connectivity index (χ2n) is 6.65. The van der Waals surface area contributed by atoms with E-state index in [1.807, 2.05) is 0 Å². The smallest absolute Gasteiger partial charge is 0.0246 e. The maximum Gasteiger partial charge on any atom is 0.0246 e. The van der Waals surface area contributed by atoms with E-state index in [1.165, 1.54) is 25.7 Å². The highest BCUT2D eigenvalue weighted by molar-refractivity contribution is 5.31.